The maximum Gasteiger partial charge on any atom is 0.0220 e. The quantitative estimate of drug-likeness (QED) is 0.737. The maximum absolute atomic E-state index is 3.27. The molecule has 1 N–H and O–H groups in total. The number of likely N-dealkylation sites (N-methyl/N-ethyl adjacent to an activating group) is 2. The van der Waals surface area contributed by atoms with Crippen LogP contribution in [0.2, 0.25) is 0 Å². The Hall–Kier alpha value is -0.120. The lowest BCUT2D eigenvalue weighted by Gasteiger charge is -2.33. The van der Waals surface area contributed by atoms with Crippen LogP contribution in [0.15, 0.2) is 0 Å². The molecule has 0 aliphatic carbocycles. The number of hydrogen-bond acceptors (Lipinski definition) is 3. The van der Waals surface area contributed by atoms with E-state index < -0.39 is 0 Å². The summed E-state index contributed by atoms with van der Waals surface area (Å²) in [6.07, 6.45) is 2.74. The number of hydrogen-bond donors (Lipinski definition) is 1. The molecule has 0 spiro atoms. The molecule has 1 saturated heterocycles. The van der Waals surface area contributed by atoms with Crippen LogP contribution in [0.3, 0.4) is 0 Å². The van der Waals surface area contributed by atoms with Gasteiger partial charge in [0.05, 0.1) is 0 Å². The van der Waals surface area contributed by atoms with E-state index in [2.05, 4.69) is 43.1 Å². The fourth-order valence-corrected chi connectivity index (χ4v) is 2.64. The second kappa shape index (κ2) is 6.58. The zero-order chi connectivity index (χ0) is 12.1. The molecule has 0 amide bonds. The molecule has 0 saturated carbocycles. The third-order valence-electron chi connectivity index (χ3n) is 4.22. The van der Waals surface area contributed by atoms with E-state index in [0.717, 1.165) is 12.6 Å². The van der Waals surface area contributed by atoms with E-state index in [1.807, 2.05) is 7.05 Å². The van der Waals surface area contributed by atoms with Gasteiger partial charge in [0.2, 0.25) is 0 Å². The molecule has 3 nitrogen and oxygen atoms in total. The Morgan fingerprint density at radius 2 is 2.12 bits per heavy atom. The van der Waals surface area contributed by atoms with Crippen LogP contribution in [0.25, 0.3) is 0 Å². The minimum Gasteiger partial charge on any atom is -0.319 e. The second-order valence-corrected chi connectivity index (χ2v) is 5.49. The van der Waals surface area contributed by atoms with Crippen molar-refractivity contribution in [2.75, 3.05) is 40.8 Å². The highest BCUT2D eigenvalue weighted by atomic mass is 15.2. The Balaban J connectivity index is 2.35. The van der Waals surface area contributed by atoms with Gasteiger partial charge < -0.3 is 15.1 Å². The Morgan fingerprint density at radius 1 is 1.44 bits per heavy atom. The van der Waals surface area contributed by atoms with Crippen molar-refractivity contribution in [3.63, 3.8) is 0 Å². The monoisotopic (exact) mass is 227 g/mol. The molecule has 1 rings (SSSR count). The van der Waals surface area contributed by atoms with Crippen LogP contribution in [0, 0.1) is 5.92 Å². The Labute approximate surface area is 101 Å². The minimum atomic E-state index is 0.654. The normalized spacial score (nSPS) is 26.2. The fourth-order valence-electron chi connectivity index (χ4n) is 2.64. The second-order valence-electron chi connectivity index (χ2n) is 5.49. The summed E-state index contributed by atoms with van der Waals surface area (Å²) in [7, 11) is 6.56. The molecule has 3 atom stereocenters. The van der Waals surface area contributed by atoms with Gasteiger partial charge in [0, 0.05) is 18.6 Å². The van der Waals surface area contributed by atoms with Crippen molar-refractivity contribution in [2.24, 2.45) is 5.92 Å². The molecular formula is C13H29N3. The van der Waals surface area contributed by atoms with Crippen LogP contribution in [0.5, 0.6) is 0 Å². The molecule has 1 fully saturated rings. The molecule has 1 aliphatic rings. The maximum atomic E-state index is 3.27. The zero-order valence-corrected chi connectivity index (χ0v) is 11.7. The molecule has 0 radical (unpaired) electrons. The number of nitrogens with zero attached hydrogens (tertiary/aromatic N) is 2. The molecule has 96 valence electrons. The average molecular weight is 227 g/mol. The van der Waals surface area contributed by atoms with Crippen LogP contribution in [-0.2, 0) is 0 Å². The van der Waals surface area contributed by atoms with Crippen LogP contribution < -0.4 is 5.32 Å². The fraction of sp³-hybridized carbons (Fsp3) is 1.00. The highest BCUT2D eigenvalue weighted by Gasteiger charge is 2.25. The molecule has 3 unspecified atom stereocenters. The summed E-state index contributed by atoms with van der Waals surface area (Å²) >= 11 is 0. The highest BCUT2D eigenvalue weighted by molar-refractivity contribution is 4.81. The van der Waals surface area contributed by atoms with Gasteiger partial charge in [0.15, 0.2) is 0 Å². The Bertz CT molecular complexity index is 196. The van der Waals surface area contributed by atoms with Gasteiger partial charge in [-0.1, -0.05) is 6.92 Å². The largest absolute Gasteiger partial charge is 0.319 e. The van der Waals surface area contributed by atoms with Gasteiger partial charge >= 0.3 is 0 Å². The lowest BCUT2D eigenvalue weighted by molar-refractivity contribution is 0.151. The number of nitrogens with one attached hydrogen (secondary N) is 1. The third kappa shape index (κ3) is 3.72. The standard InChI is InChI=1S/C13H29N3/c1-11(9-14-3)12(2)16(5)10-13-7-6-8-15(13)4/h11-14H,6-10H2,1-5H3. The van der Waals surface area contributed by atoms with Gasteiger partial charge in [-0.3, -0.25) is 0 Å². The molecule has 1 heterocycles. The van der Waals surface area contributed by atoms with E-state index in [4.69, 9.17) is 0 Å². The number of rotatable bonds is 6. The van der Waals surface area contributed by atoms with E-state index in [9.17, 15) is 0 Å². The molecule has 1 aliphatic heterocycles. The molecule has 0 bridgehead atoms. The van der Waals surface area contributed by atoms with Crippen molar-refractivity contribution < 1.29 is 0 Å². The van der Waals surface area contributed by atoms with Gasteiger partial charge in [-0.05, 0) is 59.9 Å². The predicted octanol–water partition coefficient (Wildman–Crippen LogP) is 1.26. The van der Waals surface area contributed by atoms with Gasteiger partial charge in [0.25, 0.3) is 0 Å². The lowest BCUT2D eigenvalue weighted by atomic mass is 10.0. The van der Waals surface area contributed by atoms with Crippen LogP contribution in [0.1, 0.15) is 26.7 Å². The first-order chi connectivity index (χ1) is 7.56. The molecule has 0 aromatic rings. The van der Waals surface area contributed by atoms with E-state index >= 15 is 0 Å². The van der Waals surface area contributed by atoms with Crippen LogP contribution >= 0.6 is 0 Å². The summed E-state index contributed by atoms with van der Waals surface area (Å²) in [5, 5.41) is 3.27. The molecule has 16 heavy (non-hydrogen) atoms. The highest BCUT2D eigenvalue weighted by Crippen LogP contribution is 2.17. The summed E-state index contributed by atoms with van der Waals surface area (Å²) in [4.78, 5) is 5.03. The van der Waals surface area contributed by atoms with Crippen molar-refractivity contribution in [1.82, 2.24) is 15.1 Å². The minimum absolute atomic E-state index is 0.654. The molecule has 0 aromatic heterocycles. The van der Waals surface area contributed by atoms with Gasteiger partial charge in [-0.15, -0.1) is 0 Å². The van der Waals surface area contributed by atoms with Crippen LogP contribution in [-0.4, -0.2) is 62.7 Å². The van der Waals surface area contributed by atoms with Crippen molar-refractivity contribution in [3.05, 3.63) is 0 Å². The summed E-state index contributed by atoms with van der Waals surface area (Å²) in [6, 6.07) is 1.43. The summed E-state index contributed by atoms with van der Waals surface area (Å²) < 4.78 is 0. The van der Waals surface area contributed by atoms with E-state index in [0.29, 0.717) is 12.0 Å². The van der Waals surface area contributed by atoms with Crippen molar-refractivity contribution in [3.8, 4) is 0 Å². The summed E-state index contributed by atoms with van der Waals surface area (Å²) in [5.41, 5.74) is 0. The van der Waals surface area contributed by atoms with Gasteiger partial charge in [-0.25, -0.2) is 0 Å². The summed E-state index contributed by atoms with van der Waals surface area (Å²) in [5.74, 6) is 0.710. The predicted molar refractivity (Wildman–Crippen MR) is 70.8 cm³/mol. The first kappa shape index (κ1) is 13.9. The smallest absolute Gasteiger partial charge is 0.0220 e. The van der Waals surface area contributed by atoms with Crippen molar-refractivity contribution in [2.45, 2.75) is 38.8 Å². The first-order valence-electron chi connectivity index (χ1n) is 6.61. The van der Waals surface area contributed by atoms with Crippen LogP contribution in [0.4, 0.5) is 0 Å². The van der Waals surface area contributed by atoms with E-state index in [1.165, 1.54) is 25.9 Å². The van der Waals surface area contributed by atoms with E-state index in [-0.39, 0.29) is 0 Å². The van der Waals surface area contributed by atoms with E-state index in [1.54, 1.807) is 0 Å². The first-order valence-corrected chi connectivity index (χ1v) is 6.61. The summed E-state index contributed by atoms with van der Waals surface area (Å²) in [6.45, 7) is 8.27. The molecule has 0 aromatic carbocycles. The molecular weight excluding hydrogens is 198 g/mol. The number of likely N-dealkylation sites (tertiary alicyclic amines) is 1. The van der Waals surface area contributed by atoms with Gasteiger partial charge in [-0.2, -0.15) is 0 Å². The zero-order valence-electron chi connectivity index (χ0n) is 11.7. The third-order valence-corrected chi connectivity index (χ3v) is 4.22. The SMILES string of the molecule is CNCC(C)C(C)N(C)CC1CCCN1C. The topological polar surface area (TPSA) is 18.5 Å². The van der Waals surface area contributed by atoms with Gasteiger partial charge in [0.1, 0.15) is 0 Å². The van der Waals surface area contributed by atoms with Crippen molar-refractivity contribution >= 4 is 0 Å². The molecule has 3 heteroatoms. The Kier molecular flexibility index (Phi) is 5.73. The van der Waals surface area contributed by atoms with Crippen molar-refractivity contribution in [1.29, 1.82) is 0 Å². The average Bonchev–Trinajstić information content (AvgIpc) is 2.63. The Morgan fingerprint density at radius 3 is 2.62 bits per heavy atom. The lowest BCUT2D eigenvalue weighted by Crippen LogP contribution is -2.44.